The van der Waals surface area contributed by atoms with Crippen molar-refractivity contribution in [3.8, 4) is 0 Å². The highest BCUT2D eigenvalue weighted by atomic mass is 16.4. The number of amides is 1. The number of amidine groups is 1. The number of carbonyl (C=O) groups is 1. The van der Waals surface area contributed by atoms with Crippen LogP contribution in [-0.2, 0) is 4.79 Å². The number of piperidine rings is 1. The first kappa shape index (κ1) is 16.8. The summed E-state index contributed by atoms with van der Waals surface area (Å²) in [4.78, 5) is 16.9. The van der Waals surface area contributed by atoms with E-state index in [1.54, 1.807) is 4.90 Å². The zero-order valence-corrected chi connectivity index (χ0v) is 13.1. The maximum Gasteiger partial charge on any atom is 0.236 e. The Hall–Kier alpha value is -1.30. The predicted molar refractivity (Wildman–Crippen MR) is 79.7 cm³/mol. The van der Waals surface area contributed by atoms with Gasteiger partial charge in [-0.25, -0.2) is 0 Å². The molecular formula is C14H28N4O2. The Kier molecular flexibility index (Phi) is 5.80. The van der Waals surface area contributed by atoms with Crippen LogP contribution in [0.4, 0.5) is 0 Å². The number of carbonyl (C=O) groups excluding carboxylic acids is 1. The second kappa shape index (κ2) is 6.92. The fourth-order valence-corrected chi connectivity index (χ4v) is 3.01. The predicted octanol–water partition coefficient (Wildman–Crippen LogP) is 1.09. The molecule has 1 amide bonds. The van der Waals surface area contributed by atoms with Gasteiger partial charge in [-0.05, 0) is 45.8 Å². The third-order valence-electron chi connectivity index (χ3n) is 4.77. The van der Waals surface area contributed by atoms with E-state index in [1.807, 2.05) is 20.9 Å². The molecule has 0 aromatic rings. The molecule has 0 bridgehead atoms. The van der Waals surface area contributed by atoms with E-state index >= 15 is 0 Å². The number of rotatable bonds is 5. The lowest BCUT2D eigenvalue weighted by atomic mass is 9.79. The van der Waals surface area contributed by atoms with E-state index in [9.17, 15) is 4.79 Å². The second-order valence-electron chi connectivity index (χ2n) is 5.72. The van der Waals surface area contributed by atoms with E-state index in [4.69, 9.17) is 10.9 Å². The summed E-state index contributed by atoms with van der Waals surface area (Å²) in [5.74, 6) is -0.0142. The molecule has 1 rings (SSSR count). The highest BCUT2D eigenvalue weighted by Gasteiger charge is 2.43. The smallest absolute Gasteiger partial charge is 0.236 e. The van der Waals surface area contributed by atoms with Crippen LogP contribution in [-0.4, -0.2) is 60.0 Å². The van der Waals surface area contributed by atoms with Crippen LogP contribution >= 0.6 is 0 Å². The molecule has 0 atom stereocenters. The average Bonchev–Trinajstić information content (AvgIpc) is 2.48. The quantitative estimate of drug-likeness (QED) is 0.343. The Morgan fingerprint density at radius 1 is 1.40 bits per heavy atom. The van der Waals surface area contributed by atoms with Gasteiger partial charge in [-0.3, -0.25) is 4.79 Å². The first-order valence-electron chi connectivity index (χ1n) is 7.36. The fourth-order valence-electron chi connectivity index (χ4n) is 3.01. The molecule has 0 unspecified atom stereocenters. The Bertz CT molecular complexity index is 358. The van der Waals surface area contributed by atoms with E-state index in [-0.39, 0.29) is 17.8 Å². The van der Waals surface area contributed by atoms with Gasteiger partial charge in [0.05, 0.1) is 0 Å². The number of nitrogens with two attached hydrogens (primary N) is 1. The lowest BCUT2D eigenvalue weighted by Gasteiger charge is -2.40. The Morgan fingerprint density at radius 2 is 1.90 bits per heavy atom. The molecule has 3 N–H and O–H groups in total. The van der Waals surface area contributed by atoms with Crippen LogP contribution < -0.4 is 5.73 Å². The van der Waals surface area contributed by atoms with Crippen LogP contribution in [0.25, 0.3) is 0 Å². The molecule has 0 aromatic heterocycles. The second-order valence-corrected chi connectivity index (χ2v) is 5.72. The van der Waals surface area contributed by atoms with Crippen LogP contribution in [0.2, 0.25) is 0 Å². The van der Waals surface area contributed by atoms with Crippen molar-refractivity contribution in [3.63, 3.8) is 0 Å². The van der Waals surface area contributed by atoms with Gasteiger partial charge in [-0.15, -0.1) is 0 Å². The number of hydrogen-bond acceptors (Lipinski definition) is 4. The van der Waals surface area contributed by atoms with Gasteiger partial charge in [-0.2, -0.15) is 0 Å². The lowest BCUT2D eigenvalue weighted by Crippen LogP contribution is -2.54. The summed E-state index contributed by atoms with van der Waals surface area (Å²) in [5.41, 5.74) is 4.93. The van der Waals surface area contributed by atoms with E-state index in [2.05, 4.69) is 17.1 Å². The third kappa shape index (κ3) is 3.06. The number of hydrogen-bond donors (Lipinski definition) is 2. The van der Waals surface area contributed by atoms with Crippen LogP contribution in [0.15, 0.2) is 5.16 Å². The largest absolute Gasteiger partial charge is 0.409 e. The van der Waals surface area contributed by atoms with Gasteiger partial charge < -0.3 is 20.7 Å². The summed E-state index contributed by atoms with van der Waals surface area (Å²) in [5, 5.41) is 12.1. The molecule has 0 aliphatic carbocycles. The van der Waals surface area contributed by atoms with Crippen molar-refractivity contribution in [2.75, 3.05) is 27.2 Å². The maximum absolute atomic E-state index is 12.8. The van der Waals surface area contributed by atoms with Gasteiger partial charge in [0.15, 0.2) is 5.84 Å². The van der Waals surface area contributed by atoms with Crippen molar-refractivity contribution < 1.29 is 10.0 Å². The van der Waals surface area contributed by atoms with Crippen LogP contribution in [0.3, 0.4) is 0 Å². The van der Waals surface area contributed by atoms with Gasteiger partial charge in [0.1, 0.15) is 5.41 Å². The standard InChI is InChI=1S/C14H28N4O2/c1-5-14(6-2,12(15)16-20)13(19)18(4)11-7-9-17(3)10-8-11/h11,20H,5-10H2,1-4H3,(H2,15,16). The summed E-state index contributed by atoms with van der Waals surface area (Å²) in [6.07, 6.45) is 3.02. The molecule has 116 valence electrons. The Morgan fingerprint density at radius 3 is 2.30 bits per heavy atom. The van der Waals surface area contributed by atoms with Crippen LogP contribution in [0.5, 0.6) is 0 Å². The number of nitrogens with zero attached hydrogens (tertiary/aromatic N) is 3. The van der Waals surface area contributed by atoms with E-state index in [0.717, 1.165) is 25.9 Å². The average molecular weight is 284 g/mol. The molecule has 0 saturated carbocycles. The van der Waals surface area contributed by atoms with Crippen molar-refractivity contribution in [1.82, 2.24) is 9.80 Å². The minimum absolute atomic E-state index is 0.0206. The highest BCUT2D eigenvalue weighted by molar-refractivity contribution is 6.06. The van der Waals surface area contributed by atoms with Crippen molar-refractivity contribution >= 4 is 11.7 Å². The normalized spacial score (nSPS) is 19.1. The molecule has 20 heavy (non-hydrogen) atoms. The van der Waals surface area contributed by atoms with Crippen molar-refractivity contribution in [3.05, 3.63) is 0 Å². The Labute approximate surface area is 121 Å². The molecule has 0 spiro atoms. The van der Waals surface area contributed by atoms with Gasteiger partial charge in [-0.1, -0.05) is 19.0 Å². The summed E-state index contributed by atoms with van der Waals surface area (Å²) >= 11 is 0. The molecule has 0 aromatic carbocycles. The van der Waals surface area contributed by atoms with E-state index < -0.39 is 5.41 Å². The molecule has 1 fully saturated rings. The maximum atomic E-state index is 12.8. The highest BCUT2D eigenvalue weighted by Crippen LogP contribution is 2.31. The molecule has 1 saturated heterocycles. The molecule has 6 heteroatoms. The number of oxime groups is 1. The van der Waals surface area contributed by atoms with E-state index in [1.165, 1.54) is 0 Å². The van der Waals surface area contributed by atoms with Crippen LogP contribution in [0.1, 0.15) is 39.5 Å². The molecule has 6 nitrogen and oxygen atoms in total. The zero-order chi connectivity index (χ0) is 15.3. The molecule has 1 aliphatic rings. The topological polar surface area (TPSA) is 82.2 Å². The minimum Gasteiger partial charge on any atom is -0.409 e. The molecular weight excluding hydrogens is 256 g/mol. The SMILES string of the molecule is CCC(CC)(C(=O)N(C)C1CCN(C)CC1)C(N)=NO. The third-order valence-corrected chi connectivity index (χ3v) is 4.77. The van der Waals surface area contributed by atoms with E-state index in [0.29, 0.717) is 12.8 Å². The van der Waals surface area contributed by atoms with Crippen molar-refractivity contribution in [1.29, 1.82) is 0 Å². The summed E-state index contributed by atoms with van der Waals surface area (Å²) in [6.45, 7) is 5.80. The summed E-state index contributed by atoms with van der Waals surface area (Å²) in [7, 11) is 3.93. The van der Waals surface area contributed by atoms with Gasteiger partial charge in [0, 0.05) is 13.1 Å². The molecule has 1 aliphatic heterocycles. The van der Waals surface area contributed by atoms with Crippen LogP contribution in [0, 0.1) is 5.41 Å². The van der Waals surface area contributed by atoms with Crippen molar-refractivity contribution in [2.24, 2.45) is 16.3 Å². The first-order chi connectivity index (χ1) is 9.42. The lowest BCUT2D eigenvalue weighted by molar-refractivity contribution is -0.140. The van der Waals surface area contributed by atoms with Crippen molar-refractivity contribution in [2.45, 2.75) is 45.6 Å². The zero-order valence-electron chi connectivity index (χ0n) is 13.1. The van der Waals surface area contributed by atoms with Gasteiger partial charge in [0.25, 0.3) is 0 Å². The summed E-state index contributed by atoms with van der Waals surface area (Å²) in [6, 6.07) is 0.239. The molecule has 1 heterocycles. The van der Waals surface area contributed by atoms with Gasteiger partial charge in [0.2, 0.25) is 5.91 Å². The summed E-state index contributed by atoms with van der Waals surface area (Å²) < 4.78 is 0. The minimum atomic E-state index is -0.882. The fraction of sp³-hybridized carbons (Fsp3) is 0.857. The molecule has 0 radical (unpaired) electrons. The Balaban J connectivity index is 2.90. The first-order valence-corrected chi connectivity index (χ1v) is 7.36. The monoisotopic (exact) mass is 284 g/mol. The number of likely N-dealkylation sites (tertiary alicyclic amines) is 1. The van der Waals surface area contributed by atoms with Gasteiger partial charge >= 0.3 is 0 Å².